The summed E-state index contributed by atoms with van der Waals surface area (Å²) in [5.74, 6) is 0.758. The number of benzene rings is 3. The highest BCUT2D eigenvalue weighted by Crippen LogP contribution is 2.27. The zero-order chi connectivity index (χ0) is 24.8. The summed E-state index contributed by atoms with van der Waals surface area (Å²) in [6.45, 7) is 4.62. The number of ether oxygens (including phenoxy) is 1. The predicted molar refractivity (Wildman–Crippen MR) is 142 cm³/mol. The quantitative estimate of drug-likeness (QED) is 0.452. The van der Waals surface area contributed by atoms with Crippen molar-refractivity contribution in [3.8, 4) is 0 Å². The van der Waals surface area contributed by atoms with E-state index in [4.69, 9.17) is 9.57 Å². The van der Waals surface area contributed by atoms with E-state index in [2.05, 4.69) is 35.8 Å². The number of likely N-dealkylation sites (tertiary alicyclic amines) is 1. The predicted octanol–water partition coefficient (Wildman–Crippen LogP) is 5.63. The molecule has 1 atom stereocenters. The molecule has 0 bridgehead atoms. The van der Waals surface area contributed by atoms with Gasteiger partial charge >= 0.3 is 0 Å². The second kappa shape index (κ2) is 11.1. The Kier molecular flexibility index (Phi) is 7.49. The number of carbonyl (C=O) groups excluding carboxylic acids is 1. The topological polar surface area (TPSA) is 50.8 Å². The van der Waals surface area contributed by atoms with Gasteiger partial charge < -0.3 is 9.64 Å². The molecule has 0 radical (unpaired) electrons. The van der Waals surface area contributed by atoms with Crippen molar-refractivity contribution in [2.75, 3.05) is 19.7 Å². The summed E-state index contributed by atoms with van der Waals surface area (Å²) >= 11 is 0. The molecule has 2 aliphatic heterocycles. The Bertz CT molecular complexity index is 1170. The maximum atomic E-state index is 13.1. The van der Waals surface area contributed by atoms with E-state index in [9.17, 15) is 4.79 Å². The molecule has 5 nitrogen and oxygen atoms in total. The molecule has 5 heteroatoms. The summed E-state index contributed by atoms with van der Waals surface area (Å²) < 4.78 is 5.89. The van der Waals surface area contributed by atoms with Crippen molar-refractivity contribution in [1.82, 2.24) is 10.4 Å². The summed E-state index contributed by atoms with van der Waals surface area (Å²) in [4.78, 5) is 20.9. The van der Waals surface area contributed by atoms with E-state index in [0.717, 1.165) is 54.7 Å². The van der Waals surface area contributed by atoms with Crippen molar-refractivity contribution in [1.29, 1.82) is 0 Å². The molecule has 186 valence electrons. The van der Waals surface area contributed by atoms with Crippen LogP contribution < -0.4 is 5.48 Å². The van der Waals surface area contributed by atoms with Crippen molar-refractivity contribution in [3.63, 3.8) is 0 Å². The van der Waals surface area contributed by atoms with Gasteiger partial charge in [-0.05, 0) is 67.0 Å². The number of nitrogens with zero attached hydrogens (tertiary/aromatic N) is 1. The second-order valence-corrected chi connectivity index (χ2v) is 10.1. The van der Waals surface area contributed by atoms with Crippen LogP contribution in [-0.2, 0) is 22.6 Å². The maximum Gasteiger partial charge on any atom is 0.253 e. The first-order valence-corrected chi connectivity index (χ1v) is 12.8. The molecule has 1 unspecified atom stereocenters. The van der Waals surface area contributed by atoms with E-state index < -0.39 is 5.60 Å². The smallest absolute Gasteiger partial charge is 0.253 e. The van der Waals surface area contributed by atoms with Crippen molar-refractivity contribution < 1.29 is 14.4 Å². The van der Waals surface area contributed by atoms with Gasteiger partial charge in [0.1, 0.15) is 5.60 Å². The molecular weight excluding hydrogens is 448 g/mol. The van der Waals surface area contributed by atoms with Gasteiger partial charge in [0.05, 0.1) is 18.9 Å². The molecule has 0 aromatic heterocycles. The van der Waals surface area contributed by atoms with E-state index in [1.54, 1.807) is 0 Å². The first-order valence-electron chi connectivity index (χ1n) is 12.8. The van der Waals surface area contributed by atoms with Crippen LogP contribution in [0.5, 0.6) is 0 Å². The molecule has 5 rings (SSSR count). The standard InChI is InChI=1S/C31H34N2O3/c1-31(23-35-22-26-10-6-3-7-11-26)21-29(32-36-31)27-12-14-28(15-13-27)30(34)33-18-16-25(17-19-33)20-24-8-4-2-5-9-24/h2-15,21,25,32H,16-20,22-23H2,1H3. The SMILES string of the molecule is CC1(COCc2ccccc2)C=C(c2ccc(C(=O)N3CCC(Cc4ccccc4)CC3)cc2)NO1. The van der Waals surface area contributed by atoms with Crippen LogP contribution in [0.1, 0.15) is 46.8 Å². The molecule has 1 saturated heterocycles. The summed E-state index contributed by atoms with van der Waals surface area (Å²) in [6.07, 6.45) is 5.25. The van der Waals surface area contributed by atoms with Crippen LogP contribution in [-0.4, -0.2) is 36.1 Å². The Balaban J connectivity index is 1.13. The van der Waals surface area contributed by atoms with Crippen LogP contribution >= 0.6 is 0 Å². The van der Waals surface area contributed by atoms with Crippen LogP contribution in [0.25, 0.3) is 5.70 Å². The summed E-state index contributed by atoms with van der Waals surface area (Å²) in [6, 6.07) is 28.5. The van der Waals surface area contributed by atoms with Gasteiger partial charge in [0.2, 0.25) is 0 Å². The molecule has 3 aromatic rings. The number of rotatable bonds is 8. The molecule has 1 N–H and O–H groups in total. The highest BCUT2D eigenvalue weighted by molar-refractivity contribution is 5.94. The fraction of sp³-hybridized carbons (Fsp3) is 0.323. The van der Waals surface area contributed by atoms with Crippen molar-refractivity contribution >= 4 is 11.6 Å². The lowest BCUT2D eigenvalue weighted by Gasteiger charge is -2.32. The summed E-state index contributed by atoms with van der Waals surface area (Å²) in [5.41, 5.74) is 7.61. The number of hydrogen-bond donors (Lipinski definition) is 1. The van der Waals surface area contributed by atoms with Gasteiger partial charge in [-0.15, -0.1) is 0 Å². The Morgan fingerprint density at radius 3 is 2.25 bits per heavy atom. The zero-order valence-corrected chi connectivity index (χ0v) is 20.9. The normalized spacial score (nSPS) is 20.1. The highest BCUT2D eigenvalue weighted by atomic mass is 16.7. The van der Waals surface area contributed by atoms with Gasteiger partial charge in [0.15, 0.2) is 0 Å². The van der Waals surface area contributed by atoms with Crippen LogP contribution in [0.4, 0.5) is 0 Å². The van der Waals surface area contributed by atoms with Crippen molar-refractivity contribution in [2.45, 2.75) is 38.4 Å². The average Bonchev–Trinajstić information content (AvgIpc) is 3.32. The zero-order valence-electron chi connectivity index (χ0n) is 20.9. The van der Waals surface area contributed by atoms with E-state index in [1.807, 2.05) is 72.5 Å². The molecule has 1 amide bonds. The minimum absolute atomic E-state index is 0.114. The fourth-order valence-electron chi connectivity index (χ4n) is 4.96. The van der Waals surface area contributed by atoms with Crippen molar-refractivity contribution in [3.05, 3.63) is 113 Å². The molecule has 0 aliphatic carbocycles. The van der Waals surface area contributed by atoms with Crippen LogP contribution in [0.2, 0.25) is 0 Å². The van der Waals surface area contributed by atoms with Crippen LogP contribution in [0, 0.1) is 5.92 Å². The lowest BCUT2D eigenvalue weighted by molar-refractivity contribution is -0.0768. The third-order valence-electron chi connectivity index (χ3n) is 7.06. The number of amides is 1. The molecule has 36 heavy (non-hydrogen) atoms. The van der Waals surface area contributed by atoms with Gasteiger partial charge in [-0.25, -0.2) is 0 Å². The van der Waals surface area contributed by atoms with E-state index in [0.29, 0.717) is 19.1 Å². The number of hydrogen-bond acceptors (Lipinski definition) is 4. The van der Waals surface area contributed by atoms with E-state index >= 15 is 0 Å². The van der Waals surface area contributed by atoms with Gasteiger partial charge in [0, 0.05) is 18.7 Å². The number of nitrogens with one attached hydrogen (secondary N) is 1. The first-order chi connectivity index (χ1) is 17.6. The second-order valence-electron chi connectivity index (χ2n) is 10.1. The number of hydroxylamine groups is 1. The minimum Gasteiger partial charge on any atom is -0.373 e. The Morgan fingerprint density at radius 2 is 1.58 bits per heavy atom. The third-order valence-corrected chi connectivity index (χ3v) is 7.06. The lowest BCUT2D eigenvalue weighted by atomic mass is 9.90. The number of piperidine rings is 1. The molecular formula is C31H34N2O3. The Morgan fingerprint density at radius 1 is 0.944 bits per heavy atom. The average molecular weight is 483 g/mol. The molecule has 2 heterocycles. The third kappa shape index (κ3) is 6.04. The maximum absolute atomic E-state index is 13.1. The fourth-order valence-corrected chi connectivity index (χ4v) is 4.96. The first kappa shape index (κ1) is 24.3. The van der Waals surface area contributed by atoms with Gasteiger partial charge in [0.25, 0.3) is 5.91 Å². The highest BCUT2D eigenvalue weighted by Gasteiger charge is 2.31. The molecule has 1 fully saturated rings. The molecule has 0 saturated carbocycles. The van der Waals surface area contributed by atoms with Gasteiger partial charge in [-0.2, -0.15) is 0 Å². The lowest BCUT2D eigenvalue weighted by Crippen LogP contribution is -2.38. The summed E-state index contributed by atoms with van der Waals surface area (Å²) in [7, 11) is 0. The van der Waals surface area contributed by atoms with Crippen LogP contribution in [0.3, 0.4) is 0 Å². The van der Waals surface area contributed by atoms with Crippen LogP contribution in [0.15, 0.2) is 91.0 Å². The summed E-state index contributed by atoms with van der Waals surface area (Å²) in [5, 5.41) is 0. The molecule has 0 spiro atoms. The molecule has 2 aliphatic rings. The monoisotopic (exact) mass is 482 g/mol. The van der Waals surface area contributed by atoms with Gasteiger partial charge in [-0.1, -0.05) is 72.8 Å². The largest absolute Gasteiger partial charge is 0.373 e. The van der Waals surface area contributed by atoms with E-state index in [-0.39, 0.29) is 5.91 Å². The number of carbonyl (C=O) groups is 1. The Labute approximate surface area is 213 Å². The Hall–Kier alpha value is -3.41. The van der Waals surface area contributed by atoms with E-state index in [1.165, 1.54) is 5.56 Å². The minimum atomic E-state index is -0.553. The van der Waals surface area contributed by atoms with Gasteiger partial charge in [-0.3, -0.25) is 15.1 Å². The molecule has 3 aromatic carbocycles. The van der Waals surface area contributed by atoms with Crippen molar-refractivity contribution in [2.24, 2.45) is 5.92 Å².